The lowest BCUT2D eigenvalue weighted by atomic mass is 10.1. The molecule has 1 aliphatic rings. The fraction of sp³-hybridized carbons (Fsp3) is 0.435. The summed E-state index contributed by atoms with van der Waals surface area (Å²) < 4.78 is 38.3. The molecular weight excluding hydrogens is 416 g/mol. The fourth-order valence-electron chi connectivity index (χ4n) is 3.35. The number of aryl methyl sites for hydroxylation is 1. The Morgan fingerprint density at radius 1 is 1.00 bits per heavy atom. The normalized spacial score (nSPS) is 15.2. The molecule has 0 bridgehead atoms. The van der Waals surface area contributed by atoms with Crippen molar-refractivity contribution in [3.05, 3.63) is 53.6 Å². The molecule has 0 aliphatic carbocycles. The molecule has 1 fully saturated rings. The van der Waals surface area contributed by atoms with E-state index in [4.69, 9.17) is 9.47 Å². The number of sulfonamides is 1. The summed E-state index contributed by atoms with van der Waals surface area (Å²) in [6, 6.07) is 12.0. The Hall–Kier alpha value is -2.58. The zero-order valence-corrected chi connectivity index (χ0v) is 19.3. The summed E-state index contributed by atoms with van der Waals surface area (Å²) in [5.74, 6) is 1.33. The lowest BCUT2D eigenvalue weighted by molar-refractivity contribution is 0.0697. The van der Waals surface area contributed by atoms with Crippen LogP contribution < -0.4 is 9.47 Å². The zero-order chi connectivity index (χ0) is 22.6. The van der Waals surface area contributed by atoms with Gasteiger partial charge >= 0.3 is 0 Å². The Balaban J connectivity index is 1.66. The Kier molecular flexibility index (Phi) is 7.23. The molecule has 31 heavy (non-hydrogen) atoms. The lowest BCUT2D eigenvalue weighted by Gasteiger charge is -2.34. The number of ether oxygens (including phenoxy) is 2. The van der Waals surface area contributed by atoms with Gasteiger partial charge in [0.05, 0.1) is 18.6 Å². The summed E-state index contributed by atoms with van der Waals surface area (Å²) in [7, 11) is -2.02. The molecule has 0 unspecified atom stereocenters. The van der Waals surface area contributed by atoms with Crippen molar-refractivity contribution >= 4 is 15.9 Å². The Bertz CT molecular complexity index is 1010. The smallest absolute Gasteiger partial charge is 0.254 e. The standard InChI is InChI=1S/C23H30N2O5S/c1-17(2)16-30-21-10-7-19(15-22(21)29-4)23(26)24-11-13-25(14-12-24)31(27,28)20-8-5-18(3)6-9-20/h5-10,15,17H,11-14,16H2,1-4H3. The highest BCUT2D eigenvalue weighted by Crippen LogP contribution is 2.29. The number of carbonyl (C=O) groups is 1. The number of rotatable bonds is 7. The number of amides is 1. The van der Waals surface area contributed by atoms with E-state index in [2.05, 4.69) is 13.8 Å². The monoisotopic (exact) mass is 446 g/mol. The summed E-state index contributed by atoms with van der Waals surface area (Å²) in [5, 5.41) is 0. The second-order valence-electron chi connectivity index (χ2n) is 8.08. The van der Waals surface area contributed by atoms with Crippen molar-refractivity contribution in [2.75, 3.05) is 39.9 Å². The van der Waals surface area contributed by atoms with Gasteiger partial charge in [0.1, 0.15) is 0 Å². The summed E-state index contributed by atoms with van der Waals surface area (Å²) in [5.41, 5.74) is 1.49. The van der Waals surface area contributed by atoms with Gasteiger partial charge in [-0.2, -0.15) is 4.31 Å². The van der Waals surface area contributed by atoms with Gasteiger partial charge in [-0.15, -0.1) is 0 Å². The Morgan fingerprint density at radius 3 is 2.23 bits per heavy atom. The maximum Gasteiger partial charge on any atom is 0.254 e. The van der Waals surface area contributed by atoms with E-state index in [9.17, 15) is 13.2 Å². The Labute approximate surface area is 184 Å². The van der Waals surface area contributed by atoms with Crippen LogP contribution in [0.3, 0.4) is 0 Å². The van der Waals surface area contributed by atoms with Gasteiger partial charge in [-0.25, -0.2) is 8.42 Å². The van der Waals surface area contributed by atoms with Gasteiger partial charge in [-0.1, -0.05) is 31.5 Å². The summed E-state index contributed by atoms with van der Waals surface area (Å²) in [6.07, 6.45) is 0. The van der Waals surface area contributed by atoms with Crippen LogP contribution >= 0.6 is 0 Å². The minimum atomic E-state index is -3.56. The van der Waals surface area contributed by atoms with Crippen molar-refractivity contribution in [2.24, 2.45) is 5.92 Å². The predicted molar refractivity (Wildman–Crippen MR) is 119 cm³/mol. The Morgan fingerprint density at radius 2 is 1.65 bits per heavy atom. The molecule has 1 amide bonds. The van der Waals surface area contributed by atoms with E-state index in [1.807, 2.05) is 6.92 Å². The molecular formula is C23H30N2O5S. The van der Waals surface area contributed by atoms with Crippen LogP contribution in [0.25, 0.3) is 0 Å². The topological polar surface area (TPSA) is 76.2 Å². The fourth-order valence-corrected chi connectivity index (χ4v) is 4.77. The first-order valence-corrected chi connectivity index (χ1v) is 11.8. The average Bonchev–Trinajstić information content (AvgIpc) is 2.77. The van der Waals surface area contributed by atoms with Crippen molar-refractivity contribution in [1.29, 1.82) is 0 Å². The third-order valence-electron chi connectivity index (χ3n) is 5.17. The zero-order valence-electron chi connectivity index (χ0n) is 18.5. The minimum absolute atomic E-state index is 0.152. The SMILES string of the molecule is COc1cc(C(=O)N2CCN(S(=O)(=O)c3ccc(C)cc3)CC2)ccc1OCC(C)C. The molecule has 168 valence electrons. The van der Waals surface area contributed by atoms with Crippen LogP contribution in [-0.4, -0.2) is 63.4 Å². The molecule has 2 aromatic carbocycles. The maximum absolute atomic E-state index is 13.0. The van der Waals surface area contributed by atoms with Crippen LogP contribution in [0.1, 0.15) is 29.8 Å². The van der Waals surface area contributed by atoms with Crippen molar-refractivity contribution < 1.29 is 22.7 Å². The number of piperazine rings is 1. The quantitative estimate of drug-likeness (QED) is 0.653. The molecule has 1 aliphatic heterocycles. The van der Waals surface area contributed by atoms with Crippen LogP contribution in [0.5, 0.6) is 11.5 Å². The van der Waals surface area contributed by atoms with Gasteiger partial charge in [-0.05, 0) is 43.2 Å². The van der Waals surface area contributed by atoms with Gasteiger partial charge < -0.3 is 14.4 Å². The van der Waals surface area contributed by atoms with Crippen molar-refractivity contribution in [2.45, 2.75) is 25.7 Å². The van der Waals surface area contributed by atoms with E-state index in [-0.39, 0.29) is 23.9 Å². The highest BCUT2D eigenvalue weighted by atomic mass is 32.2. The number of benzene rings is 2. The van der Waals surface area contributed by atoms with Gasteiger partial charge in [0.25, 0.3) is 5.91 Å². The van der Waals surface area contributed by atoms with E-state index in [0.717, 1.165) is 5.56 Å². The highest BCUT2D eigenvalue weighted by Gasteiger charge is 2.30. The van der Waals surface area contributed by atoms with E-state index in [1.165, 1.54) is 4.31 Å². The van der Waals surface area contributed by atoms with E-state index in [1.54, 1.807) is 54.5 Å². The number of carbonyl (C=O) groups excluding carboxylic acids is 1. The van der Waals surface area contributed by atoms with Gasteiger partial charge in [-0.3, -0.25) is 4.79 Å². The van der Waals surface area contributed by atoms with Crippen molar-refractivity contribution in [3.8, 4) is 11.5 Å². The molecule has 1 heterocycles. The first-order chi connectivity index (χ1) is 14.7. The van der Waals surface area contributed by atoms with Gasteiger partial charge in [0, 0.05) is 31.7 Å². The van der Waals surface area contributed by atoms with Crippen LogP contribution in [0.15, 0.2) is 47.4 Å². The molecule has 7 nitrogen and oxygen atoms in total. The third-order valence-corrected chi connectivity index (χ3v) is 7.08. The maximum atomic E-state index is 13.0. The molecule has 0 aromatic heterocycles. The predicted octanol–water partition coefficient (Wildman–Crippen LogP) is 3.19. The summed E-state index contributed by atoms with van der Waals surface area (Å²) >= 11 is 0. The molecule has 0 atom stereocenters. The van der Waals surface area contributed by atoms with Crippen LogP contribution in [0.2, 0.25) is 0 Å². The van der Waals surface area contributed by atoms with Gasteiger partial charge in [0.2, 0.25) is 10.0 Å². The molecule has 8 heteroatoms. The first-order valence-electron chi connectivity index (χ1n) is 10.4. The van der Waals surface area contributed by atoms with Crippen LogP contribution in [0, 0.1) is 12.8 Å². The molecule has 0 N–H and O–H groups in total. The van der Waals surface area contributed by atoms with Gasteiger partial charge in [0.15, 0.2) is 11.5 Å². The number of hydrogen-bond acceptors (Lipinski definition) is 5. The largest absolute Gasteiger partial charge is 0.493 e. The second-order valence-corrected chi connectivity index (χ2v) is 10.0. The molecule has 0 radical (unpaired) electrons. The summed E-state index contributed by atoms with van der Waals surface area (Å²) in [4.78, 5) is 14.9. The second kappa shape index (κ2) is 9.70. The van der Waals surface area contributed by atoms with Crippen LogP contribution in [0.4, 0.5) is 0 Å². The minimum Gasteiger partial charge on any atom is -0.493 e. The van der Waals surface area contributed by atoms with E-state index >= 15 is 0 Å². The highest BCUT2D eigenvalue weighted by molar-refractivity contribution is 7.89. The lowest BCUT2D eigenvalue weighted by Crippen LogP contribution is -2.50. The third kappa shape index (κ3) is 5.37. The number of methoxy groups -OCH3 is 1. The van der Waals surface area contributed by atoms with Crippen LogP contribution in [-0.2, 0) is 10.0 Å². The van der Waals surface area contributed by atoms with Crippen molar-refractivity contribution in [1.82, 2.24) is 9.21 Å². The molecule has 3 rings (SSSR count). The number of hydrogen-bond donors (Lipinski definition) is 0. The summed E-state index contributed by atoms with van der Waals surface area (Å²) in [6.45, 7) is 7.77. The molecule has 1 saturated heterocycles. The molecule has 2 aromatic rings. The molecule has 0 spiro atoms. The molecule has 0 saturated carbocycles. The van der Waals surface area contributed by atoms with E-state index in [0.29, 0.717) is 42.7 Å². The first kappa shape index (κ1) is 23.1. The van der Waals surface area contributed by atoms with E-state index < -0.39 is 10.0 Å². The van der Waals surface area contributed by atoms with Crippen molar-refractivity contribution in [3.63, 3.8) is 0 Å². The number of nitrogens with zero attached hydrogens (tertiary/aromatic N) is 2. The average molecular weight is 447 g/mol.